The van der Waals surface area contributed by atoms with Crippen LogP contribution in [-0.2, 0) is 0 Å². The summed E-state index contributed by atoms with van der Waals surface area (Å²) >= 11 is 0. The Kier molecular flexibility index (Phi) is 3.28. The molecule has 0 saturated heterocycles. The Labute approximate surface area is 99.2 Å². The summed E-state index contributed by atoms with van der Waals surface area (Å²) in [6.07, 6.45) is 1.49. The van der Waals surface area contributed by atoms with E-state index in [9.17, 15) is 15.2 Å². The molecule has 2 unspecified atom stereocenters. The summed E-state index contributed by atoms with van der Waals surface area (Å²) in [6.45, 7) is 1.68. The summed E-state index contributed by atoms with van der Waals surface area (Å²) in [4.78, 5) is 10.5. The van der Waals surface area contributed by atoms with Gasteiger partial charge in [0.05, 0.1) is 11.0 Å². The molecule has 0 bridgehead atoms. The van der Waals surface area contributed by atoms with Gasteiger partial charge in [-0.2, -0.15) is 0 Å². The molecular weight excluding hydrogens is 222 g/mol. The number of benzene rings is 1. The first kappa shape index (κ1) is 11.9. The van der Waals surface area contributed by atoms with Crippen molar-refractivity contribution in [3.63, 3.8) is 0 Å². The predicted octanol–water partition coefficient (Wildman–Crippen LogP) is 2.20. The molecule has 5 heteroatoms. The van der Waals surface area contributed by atoms with Crippen molar-refractivity contribution < 1.29 is 14.8 Å². The zero-order valence-corrected chi connectivity index (χ0v) is 9.63. The van der Waals surface area contributed by atoms with E-state index in [0.717, 1.165) is 12.8 Å². The Hall–Kier alpha value is -1.62. The van der Waals surface area contributed by atoms with Gasteiger partial charge in [-0.1, -0.05) is 12.1 Å². The third-order valence-corrected chi connectivity index (χ3v) is 3.08. The van der Waals surface area contributed by atoms with E-state index in [0.29, 0.717) is 12.0 Å². The van der Waals surface area contributed by atoms with Crippen molar-refractivity contribution in [3.05, 3.63) is 33.9 Å². The van der Waals surface area contributed by atoms with Gasteiger partial charge in [-0.25, -0.2) is 0 Å². The minimum absolute atomic E-state index is 0.00778. The smallest absolute Gasteiger partial charge is 0.313 e. The fraction of sp³-hybridized carbons (Fsp3) is 0.500. The quantitative estimate of drug-likeness (QED) is 0.646. The molecule has 5 nitrogen and oxygen atoms in total. The Morgan fingerprint density at radius 2 is 2.24 bits per heavy atom. The molecule has 1 saturated carbocycles. The number of nitrogens with zero attached hydrogens (tertiary/aromatic N) is 1. The van der Waals surface area contributed by atoms with Crippen LogP contribution in [-0.4, -0.2) is 22.2 Å². The Morgan fingerprint density at radius 1 is 1.47 bits per heavy atom. The molecule has 92 valence electrons. The molecule has 17 heavy (non-hydrogen) atoms. The Bertz CT molecular complexity index is 433. The number of hydrogen-bond acceptors (Lipinski definition) is 4. The van der Waals surface area contributed by atoms with Crippen molar-refractivity contribution in [2.75, 3.05) is 0 Å². The summed E-state index contributed by atoms with van der Waals surface area (Å²) in [5.74, 6) is 0.251. The van der Waals surface area contributed by atoms with E-state index in [1.54, 1.807) is 25.1 Å². The van der Waals surface area contributed by atoms with E-state index in [4.69, 9.17) is 4.74 Å². The predicted molar refractivity (Wildman–Crippen MR) is 62.1 cm³/mol. The van der Waals surface area contributed by atoms with Crippen LogP contribution in [0.1, 0.15) is 24.8 Å². The topological polar surface area (TPSA) is 72.6 Å². The van der Waals surface area contributed by atoms with E-state index in [2.05, 4.69) is 0 Å². The van der Waals surface area contributed by atoms with Crippen molar-refractivity contribution in [2.45, 2.75) is 38.4 Å². The van der Waals surface area contributed by atoms with Crippen LogP contribution in [0.25, 0.3) is 0 Å². The molecule has 0 aromatic heterocycles. The lowest BCUT2D eigenvalue weighted by atomic mass is 10.2. The number of ether oxygens (including phenoxy) is 1. The van der Waals surface area contributed by atoms with Crippen LogP contribution in [0, 0.1) is 17.0 Å². The molecule has 1 aliphatic carbocycles. The lowest BCUT2D eigenvalue weighted by Gasteiger charge is -2.17. The zero-order valence-electron chi connectivity index (χ0n) is 9.63. The van der Waals surface area contributed by atoms with Crippen LogP contribution in [0.2, 0.25) is 0 Å². The number of aryl methyl sites for hydroxylation is 1. The van der Waals surface area contributed by atoms with E-state index >= 15 is 0 Å². The molecule has 1 aliphatic rings. The fourth-order valence-corrected chi connectivity index (χ4v) is 2.17. The maximum absolute atomic E-state index is 11.0. The molecule has 2 atom stereocenters. The molecule has 1 N–H and O–H groups in total. The molecule has 0 radical (unpaired) electrons. The average molecular weight is 237 g/mol. The molecule has 0 aliphatic heterocycles. The maximum atomic E-state index is 11.0. The second-order valence-corrected chi connectivity index (χ2v) is 4.33. The van der Waals surface area contributed by atoms with E-state index < -0.39 is 11.0 Å². The second-order valence-electron chi connectivity index (χ2n) is 4.33. The highest BCUT2D eigenvalue weighted by atomic mass is 16.6. The van der Waals surface area contributed by atoms with Crippen LogP contribution in [0.15, 0.2) is 18.2 Å². The van der Waals surface area contributed by atoms with Crippen molar-refractivity contribution in [2.24, 2.45) is 0 Å². The lowest BCUT2D eigenvalue weighted by Crippen LogP contribution is -2.26. The maximum Gasteiger partial charge on any atom is 0.313 e. The minimum Gasteiger partial charge on any atom is -0.481 e. The summed E-state index contributed by atoms with van der Waals surface area (Å²) in [5, 5.41) is 20.6. The van der Waals surface area contributed by atoms with Crippen molar-refractivity contribution >= 4 is 5.69 Å². The first-order valence-electron chi connectivity index (χ1n) is 5.68. The standard InChI is InChI=1S/C12H15NO4/c1-8-4-2-7-11(12(8)13(15)16)17-10-6-3-5-9(10)14/h2,4,7,9-10,14H,3,5-6H2,1H3. The van der Waals surface area contributed by atoms with Gasteiger partial charge in [0.1, 0.15) is 6.10 Å². The normalized spacial score (nSPS) is 23.6. The van der Waals surface area contributed by atoms with Gasteiger partial charge < -0.3 is 9.84 Å². The monoisotopic (exact) mass is 237 g/mol. The number of aliphatic hydroxyl groups is 1. The number of nitro benzene ring substituents is 1. The number of rotatable bonds is 3. The van der Waals surface area contributed by atoms with Gasteiger partial charge in [-0.3, -0.25) is 10.1 Å². The van der Waals surface area contributed by atoms with Gasteiger partial charge >= 0.3 is 5.69 Å². The summed E-state index contributed by atoms with van der Waals surface area (Å²) < 4.78 is 5.57. The third kappa shape index (κ3) is 2.39. The highest BCUT2D eigenvalue weighted by Gasteiger charge is 2.29. The highest BCUT2D eigenvalue weighted by molar-refractivity contribution is 5.52. The number of nitro groups is 1. The van der Waals surface area contributed by atoms with E-state index in [1.165, 1.54) is 0 Å². The number of para-hydroxylation sites is 1. The van der Waals surface area contributed by atoms with Crippen molar-refractivity contribution in [1.29, 1.82) is 0 Å². The van der Waals surface area contributed by atoms with Crippen LogP contribution in [0.3, 0.4) is 0 Å². The molecule has 1 aromatic carbocycles. The van der Waals surface area contributed by atoms with Crippen LogP contribution in [0.5, 0.6) is 5.75 Å². The summed E-state index contributed by atoms with van der Waals surface area (Å²) in [6, 6.07) is 4.98. The van der Waals surface area contributed by atoms with Gasteiger partial charge in [0.15, 0.2) is 5.75 Å². The average Bonchev–Trinajstić information content (AvgIpc) is 2.64. The molecule has 1 fully saturated rings. The first-order valence-corrected chi connectivity index (χ1v) is 5.68. The number of aliphatic hydroxyl groups excluding tert-OH is 1. The minimum atomic E-state index is -0.518. The third-order valence-electron chi connectivity index (χ3n) is 3.08. The van der Waals surface area contributed by atoms with Gasteiger partial charge in [-0.05, 0) is 32.3 Å². The molecule has 1 aromatic rings. The molecule has 0 spiro atoms. The second kappa shape index (κ2) is 4.71. The summed E-state index contributed by atoms with van der Waals surface area (Å²) in [7, 11) is 0. The number of hydrogen-bond donors (Lipinski definition) is 1. The van der Waals surface area contributed by atoms with Crippen LogP contribution < -0.4 is 4.74 Å². The Balaban J connectivity index is 2.26. The first-order chi connectivity index (χ1) is 8.09. The van der Waals surface area contributed by atoms with Crippen LogP contribution >= 0.6 is 0 Å². The largest absolute Gasteiger partial charge is 0.481 e. The SMILES string of the molecule is Cc1cccc(OC2CCCC2O)c1[N+](=O)[O-]. The lowest BCUT2D eigenvalue weighted by molar-refractivity contribution is -0.386. The van der Waals surface area contributed by atoms with Gasteiger partial charge in [0, 0.05) is 5.56 Å². The van der Waals surface area contributed by atoms with Gasteiger partial charge in [0.2, 0.25) is 0 Å². The van der Waals surface area contributed by atoms with Gasteiger partial charge in [-0.15, -0.1) is 0 Å². The highest BCUT2D eigenvalue weighted by Crippen LogP contribution is 2.33. The van der Waals surface area contributed by atoms with Crippen molar-refractivity contribution in [1.82, 2.24) is 0 Å². The fourth-order valence-electron chi connectivity index (χ4n) is 2.17. The van der Waals surface area contributed by atoms with E-state index in [1.807, 2.05) is 0 Å². The Morgan fingerprint density at radius 3 is 2.82 bits per heavy atom. The van der Waals surface area contributed by atoms with Gasteiger partial charge in [0.25, 0.3) is 0 Å². The zero-order chi connectivity index (χ0) is 12.4. The van der Waals surface area contributed by atoms with Crippen LogP contribution in [0.4, 0.5) is 5.69 Å². The van der Waals surface area contributed by atoms with Crippen molar-refractivity contribution in [3.8, 4) is 5.75 Å². The molecule has 0 amide bonds. The molecule has 0 heterocycles. The molecule has 2 rings (SSSR count). The summed E-state index contributed by atoms with van der Waals surface area (Å²) in [5.41, 5.74) is 0.562. The van der Waals surface area contributed by atoms with E-state index in [-0.39, 0.29) is 17.5 Å². The molecular formula is C12H15NO4.